The van der Waals surface area contributed by atoms with Gasteiger partial charge in [-0.25, -0.2) is 9.37 Å². The van der Waals surface area contributed by atoms with Gasteiger partial charge in [-0.3, -0.25) is 4.90 Å². The van der Waals surface area contributed by atoms with E-state index >= 15 is 0 Å². The minimum absolute atomic E-state index is 0.242. The van der Waals surface area contributed by atoms with Gasteiger partial charge in [0, 0.05) is 67.9 Å². The van der Waals surface area contributed by atoms with Crippen LogP contribution in [0.1, 0.15) is 36.5 Å². The van der Waals surface area contributed by atoms with Crippen molar-refractivity contribution in [3.8, 4) is 0 Å². The number of hydrogen-bond donors (Lipinski definition) is 1. The Labute approximate surface area is 198 Å². The zero-order valence-electron chi connectivity index (χ0n) is 19.9. The van der Waals surface area contributed by atoms with Crippen LogP contribution in [0.25, 0.3) is 27.3 Å². The SMILES string of the molecule is CCC1(O)CCOCc2cn3cc4c(CN5CCN(C)CC5)c5cc(F)ccc5nc4c3cc21. The van der Waals surface area contributed by atoms with Crippen LogP contribution in [-0.2, 0) is 23.5 Å². The molecule has 0 spiro atoms. The molecule has 1 unspecified atom stereocenters. The second-order valence-corrected chi connectivity index (χ2v) is 9.92. The standard InChI is InChI=1S/C27H31FN4O2/c1-3-27(33)6-11-34-17-18-14-32-16-22-21(15-31-9-7-30(2)8-10-31)20-12-19(28)4-5-24(20)29-26(22)25(32)13-23(18)27/h4-5,12-14,16,33H,3,6-11,15,17H2,1-2H3. The number of likely N-dealkylation sites (N-methyl/N-ethyl adjacent to an activating group) is 1. The summed E-state index contributed by atoms with van der Waals surface area (Å²) >= 11 is 0. The average Bonchev–Trinajstić information content (AvgIpc) is 3.10. The molecule has 1 aromatic carbocycles. The first-order valence-corrected chi connectivity index (χ1v) is 12.2. The molecule has 6 rings (SSSR count). The summed E-state index contributed by atoms with van der Waals surface area (Å²) in [7, 11) is 2.15. The fourth-order valence-corrected chi connectivity index (χ4v) is 5.57. The van der Waals surface area contributed by atoms with Gasteiger partial charge >= 0.3 is 0 Å². The molecule has 1 saturated heterocycles. The second-order valence-electron chi connectivity index (χ2n) is 9.92. The molecule has 6 nitrogen and oxygen atoms in total. The quantitative estimate of drug-likeness (QED) is 0.498. The lowest BCUT2D eigenvalue weighted by molar-refractivity contribution is 0.00232. The molecule has 7 heteroatoms. The highest BCUT2D eigenvalue weighted by molar-refractivity contribution is 6.04. The van der Waals surface area contributed by atoms with Crippen molar-refractivity contribution in [2.45, 2.75) is 38.5 Å². The number of aromatic nitrogens is 2. The molecule has 0 aliphatic carbocycles. The zero-order chi connectivity index (χ0) is 23.4. The number of aliphatic hydroxyl groups is 1. The summed E-state index contributed by atoms with van der Waals surface area (Å²) in [6, 6.07) is 6.98. The number of nitrogens with zero attached hydrogens (tertiary/aromatic N) is 4. The molecule has 0 bridgehead atoms. The monoisotopic (exact) mass is 462 g/mol. The van der Waals surface area contributed by atoms with E-state index in [2.05, 4.69) is 39.7 Å². The summed E-state index contributed by atoms with van der Waals surface area (Å²) in [5, 5.41) is 13.3. The maximum absolute atomic E-state index is 14.3. The van der Waals surface area contributed by atoms with Crippen LogP contribution in [0.15, 0.2) is 36.7 Å². The van der Waals surface area contributed by atoms with E-state index in [1.165, 1.54) is 6.07 Å². The highest BCUT2D eigenvalue weighted by atomic mass is 19.1. The van der Waals surface area contributed by atoms with E-state index in [0.717, 1.165) is 76.7 Å². The molecule has 0 radical (unpaired) electrons. The van der Waals surface area contributed by atoms with Crippen LogP contribution in [0.3, 0.4) is 0 Å². The number of ether oxygens (including phenoxy) is 1. The average molecular weight is 463 g/mol. The van der Waals surface area contributed by atoms with Crippen LogP contribution in [0.4, 0.5) is 4.39 Å². The molecular weight excluding hydrogens is 431 g/mol. The number of pyridine rings is 2. The van der Waals surface area contributed by atoms with Crippen LogP contribution >= 0.6 is 0 Å². The Bertz CT molecular complexity index is 1390. The third-order valence-electron chi connectivity index (χ3n) is 7.79. The van der Waals surface area contributed by atoms with Gasteiger partial charge in [0.25, 0.3) is 0 Å². The Kier molecular flexibility index (Phi) is 5.33. The summed E-state index contributed by atoms with van der Waals surface area (Å²) in [5.41, 5.74) is 4.81. The van der Waals surface area contributed by atoms with Gasteiger partial charge in [0.2, 0.25) is 0 Å². The minimum atomic E-state index is -0.910. The van der Waals surface area contributed by atoms with E-state index in [1.54, 1.807) is 12.1 Å². The van der Waals surface area contributed by atoms with Gasteiger partial charge in [0.1, 0.15) is 5.82 Å². The molecule has 1 atom stereocenters. The normalized spacial score (nSPS) is 22.5. The molecule has 34 heavy (non-hydrogen) atoms. The first kappa shape index (κ1) is 21.9. The molecule has 2 aliphatic rings. The zero-order valence-corrected chi connectivity index (χ0v) is 19.9. The lowest BCUT2D eigenvalue weighted by Crippen LogP contribution is -2.43. The topological polar surface area (TPSA) is 53.2 Å². The van der Waals surface area contributed by atoms with Crippen molar-refractivity contribution < 1.29 is 14.2 Å². The molecule has 4 aromatic rings. The van der Waals surface area contributed by atoms with Gasteiger partial charge in [-0.15, -0.1) is 0 Å². The van der Waals surface area contributed by atoms with E-state index in [9.17, 15) is 9.50 Å². The fourth-order valence-electron chi connectivity index (χ4n) is 5.57. The summed E-state index contributed by atoms with van der Waals surface area (Å²) in [6.07, 6.45) is 5.39. The molecule has 3 aromatic heterocycles. The van der Waals surface area contributed by atoms with Gasteiger partial charge in [-0.05, 0) is 48.9 Å². The Morgan fingerprint density at radius 2 is 1.94 bits per heavy atom. The lowest BCUT2D eigenvalue weighted by atomic mass is 9.86. The Morgan fingerprint density at radius 3 is 2.74 bits per heavy atom. The van der Waals surface area contributed by atoms with E-state index < -0.39 is 5.60 Å². The number of fused-ring (bicyclic) bond motifs is 5. The van der Waals surface area contributed by atoms with Gasteiger partial charge < -0.3 is 19.1 Å². The van der Waals surface area contributed by atoms with Crippen LogP contribution in [0.5, 0.6) is 0 Å². The number of rotatable bonds is 3. The number of benzene rings is 1. The van der Waals surface area contributed by atoms with Crippen molar-refractivity contribution in [2.75, 3.05) is 39.8 Å². The maximum atomic E-state index is 14.3. The minimum Gasteiger partial charge on any atom is -0.385 e. The van der Waals surface area contributed by atoms with Gasteiger partial charge in [-0.2, -0.15) is 0 Å². The van der Waals surface area contributed by atoms with Crippen molar-refractivity contribution in [3.05, 3.63) is 59.2 Å². The molecule has 5 heterocycles. The van der Waals surface area contributed by atoms with Gasteiger partial charge in [0.15, 0.2) is 0 Å². The molecule has 2 aliphatic heterocycles. The highest BCUT2D eigenvalue weighted by Gasteiger charge is 2.32. The molecule has 0 amide bonds. The van der Waals surface area contributed by atoms with Gasteiger partial charge in [-0.1, -0.05) is 6.92 Å². The molecule has 178 valence electrons. The summed E-state index contributed by atoms with van der Waals surface area (Å²) < 4.78 is 22.2. The van der Waals surface area contributed by atoms with Crippen molar-refractivity contribution in [3.63, 3.8) is 0 Å². The fraction of sp³-hybridized carbons (Fsp3) is 0.444. The van der Waals surface area contributed by atoms with Crippen LogP contribution in [0.2, 0.25) is 0 Å². The molecular formula is C27H31FN4O2. The molecule has 1 fully saturated rings. The summed E-state index contributed by atoms with van der Waals surface area (Å²) in [5.74, 6) is -0.242. The van der Waals surface area contributed by atoms with Crippen LogP contribution in [0, 0.1) is 5.82 Å². The van der Waals surface area contributed by atoms with E-state index in [4.69, 9.17) is 9.72 Å². The highest BCUT2D eigenvalue weighted by Crippen LogP contribution is 2.38. The predicted molar refractivity (Wildman–Crippen MR) is 131 cm³/mol. The number of halogens is 1. The largest absolute Gasteiger partial charge is 0.385 e. The van der Waals surface area contributed by atoms with Crippen LogP contribution < -0.4 is 0 Å². The molecule has 0 saturated carbocycles. The Balaban J connectivity index is 1.59. The van der Waals surface area contributed by atoms with E-state index in [1.807, 2.05) is 6.92 Å². The smallest absolute Gasteiger partial charge is 0.123 e. The predicted octanol–water partition coefficient (Wildman–Crippen LogP) is 4.05. The lowest BCUT2D eigenvalue weighted by Gasteiger charge is -2.32. The third kappa shape index (κ3) is 3.58. The van der Waals surface area contributed by atoms with E-state index in [-0.39, 0.29) is 5.82 Å². The first-order chi connectivity index (χ1) is 16.4. The summed E-state index contributed by atoms with van der Waals surface area (Å²) in [4.78, 5) is 9.78. The molecule has 1 N–H and O–H groups in total. The van der Waals surface area contributed by atoms with Crippen molar-refractivity contribution in [2.24, 2.45) is 0 Å². The Hall–Kier alpha value is -2.58. The Morgan fingerprint density at radius 1 is 1.12 bits per heavy atom. The van der Waals surface area contributed by atoms with Gasteiger partial charge in [0.05, 0.1) is 35.4 Å². The summed E-state index contributed by atoms with van der Waals surface area (Å²) in [6.45, 7) is 7.82. The van der Waals surface area contributed by atoms with Crippen molar-refractivity contribution in [1.29, 1.82) is 0 Å². The van der Waals surface area contributed by atoms with Crippen molar-refractivity contribution >= 4 is 27.3 Å². The first-order valence-electron chi connectivity index (χ1n) is 12.2. The van der Waals surface area contributed by atoms with Crippen molar-refractivity contribution in [1.82, 2.24) is 19.2 Å². The second kappa shape index (κ2) is 8.27. The van der Waals surface area contributed by atoms with E-state index in [0.29, 0.717) is 26.1 Å². The van der Waals surface area contributed by atoms with Crippen LogP contribution in [-0.4, -0.2) is 64.1 Å². The number of piperazine rings is 1. The number of hydrogen-bond acceptors (Lipinski definition) is 5. The third-order valence-corrected chi connectivity index (χ3v) is 7.79. The maximum Gasteiger partial charge on any atom is 0.123 e.